The van der Waals surface area contributed by atoms with Gasteiger partial charge in [-0.05, 0) is 43.4 Å². The molecule has 94 valence electrons. The van der Waals surface area contributed by atoms with E-state index in [2.05, 4.69) is 39.8 Å². The minimum Gasteiger partial charge on any atom is -0.0683 e. The van der Waals surface area contributed by atoms with Crippen molar-refractivity contribution in [2.24, 2.45) is 0 Å². The Hall–Kier alpha value is -0.780. The lowest BCUT2D eigenvalue weighted by Gasteiger charge is -2.10. The molecule has 16 heavy (non-hydrogen) atoms. The summed E-state index contributed by atoms with van der Waals surface area (Å²) >= 11 is 0. The molecule has 0 fully saturated rings. The summed E-state index contributed by atoms with van der Waals surface area (Å²) in [5, 5.41) is 0. The highest BCUT2D eigenvalue weighted by molar-refractivity contribution is 5.38. The van der Waals surface area contributed by atoms with E-state index >= 15 is 0 Å². The van der Waals surface area contributed by atoms with Gasteiger partial charge in [-0.3, -0.25) is 0 Å². The molecular formula is C16H30. The Morgan fingerprint density at radius 1 is 0.812 bits per heavy atom. The largest absolute Gasteiger partial charge is 0.0683 e. The highest BCUT2D eigenvalue weighted by Crippen LogP contribution is 2.17. The third-order valence-corrected chi connectivity index (χ3v) is 2.44. The average molecular weight is 222 g/mol. The summed E-state index contributed by atoms with van der Waals surface area (Å²) in [6.45, 7) is 16.8. The molecule has 0 unspecified atom stereocenters. The molecule has 0 amide bonds. The normalized spacial score (nSPS) is 8.50. The molecule has 0 aliphatic carbocycles. The Morgan fingerprint density at radius 3 is 1.69 bits per heavy atom. The van der Waals surface area contributed by atoms with E-state index in [1.54, 1.807) is 5.56 Å². The summed E-state index contributed by atoms with van der Waals surface area (Å²) in [7, 11) is 0. The van der Waals surface area contributed by atoms with E-state index in [4.69, 9.17) is 0 Å². The first-order valence-corrected chi connectivity index (χ1v) is 6.78. The van der Waals surface area contributed by atoms with E-state index < -0.39 is 0 Å². The van der Waals surface area contributed by atoms with Gasteiger partial charge >= 0.3 is 0 Å². The van der Waals surface area contributed by atoms with Crippen molar-refractivity contribution in [1.29, 1.82) is 0 Å². The van der Waals surface area contributed by atoms with Gasteiger partial charge in [0.1, 0.15) is 0 Å². The van der Waals surface area contributed by atoms with Gasteiger partial charge in [0.2, 0.25) is 0 Å². The standard InChI is InChI=1S/C12H18.2C2H6/c1-5-11-8-9(3)7-10(4)12(11)6-2;2*1-2/h7-8H,5-6H2,1-4H3;2*1-2H3. The summed E-state index contributed by atoms with van der Waals surface area (Å²) in [4.78, 5) is 0. The number of aryl methyl sites for hydroxylation is 3. The minimum atomic E-state index is 1.16. The molecule has 0 saturated heterocycles. The predicted octanol–water partition coefficient (Wildman–Crippen LogP) is 5.48. The molecule has 0 saturated carbocycles. The molecule has 1 aromatic carbocycles. The van der Waals surface area contributed by atoms with Crippen LogP contribution in [0, 0.1) is 13.8 Å². The van der Waals surface area contributed by atoms with Crippen molar-refractivity contribution in [2.75, 3.05) is 0 Å². The van der Waals surface area contributed by atoms with Crippen LogP contribution in [0.25, 0.3) is 0 Å². The summed E-state index contributed by atoms with van der Waals surface area (Å²) in [6.07, 6.45) is 2.32. The smallest absolute Gasteiger partial charge is 0.0302 e. The van der Waals surface area contributed by atoms with Crippen LogP contribution in [0.4, 0.5) is 0 Å². The average Bonchev–Trinajstić information content (AvgIpc) is 2.33. The zero-order chi connectivity index (χ0) is 13.1. The highest BCUT2D eigenvalue weighted by atomic mass is 14.1. The van der Waals surface area contributed by atoms with Crippen LogP contribution in [-0.2, 0) is 12.8 Å². The Balaban J connectivity index is 0. The second-order valence-electron chi connectivity index (χ2n) is 3.43. The summed E-state index contributed by atoms with van der Waals surface area (Å²) < 4.78 is 0. The van der Waals surface area contributed by atoms with Gasteiger partial charge in [-0.1, -0.05) is 59.2 Å². The minimum absolute atomic E-state index is 1.16. The first-order valence-electron chi connectivity index (χ1n) is 6.78. The topological polar surface area (TPSA) is 0 Å². The molecule has 0 spiro atoms. The van der Waals surface area contributed by atoms with Crippen LogP contribution in [-0.4, -0.2) is 0 Å². The lowest BCUT2D eigenvalue weighted by molar-refractivity contribution is 1.01. The zero-order valence-corrected chi connectivity index (χ0v) is 12.6. The van der Waals surface area contributed by atoms with Crippen molar-refractivity contribution in [3.8, 4) is 0 Å². The molecule has 0 bridgehead atoms. The lowest BCUT2D eigenvalue weighted by Crippen LogP contribution is -1.95. The van der Waals surface area contributed by atoms with Crippen molar-refractivity contribution in [3.63, 3.8) is 0 Å². The van der Waals surface area contributed by atoms with Gasteiger partial charge in [-0.25, -0.2) is 0 Å². The molecule has 1 aromatic rings. The maximum absolute atomic E-state index is 2.31. The highest BCUT2D eigenvalue weighted by Gasteiger charge is 2.02. The summed E-state index contributed by atoms with van der Waals surface area (Å²) in [6, 6.07) is 4.59. The molecule has 1 rings (SSSR count). The number of benzene rings is 1. The van der Waals surface area contributed by atoms with Crippen molar-refractivity contribution in [3.05, 3.63) is 34.4 Å². The maximum Gasteiger partial charge on any atom is -0.0302 e. The maximum atomic E-state index is 2.31. The quantitative estimate of drug-likeness (QED) is 0.621. The van der Waals surface area contributed by atoms with Gasteiger partial charge in [0, 0.05) is 0 Å². The van der Waals surface area contributed by atoms with Crippen LogP contribution < -0.4 is 0 Å². The van der Waals surface area contributed by atoms with Gasteiger partial charge in [-0.2, -0.15) is 0 Å². The fourth-order valence-corrected chi connectivity index (χ4v) is 1.91. The van der Waals surface area contributed by atoms with Gasteiger partial charge < -0.3 is 0 Å². The lowest BCUT2D eigenvalue weighted by atomic mass is 9.96. The number of hydrogen-bond donors (Lipinski definition) is 0. The van der Waals surface area contributed by atoms with Gasteiger partial charge in [0.05, 0.1) is 0 Å². The van der Waals surface area contributed by atoms with Crippen molar-refractivity contribution >= 4 is 0 Å². The van der Waals surface area contributed by atoms with Crippen molar-refractivity contribution in [1.82, 2.24) is 0 Å². The predicted molar refractivity (Wildman–Crippen MR) is 77.4 cm³/mol. The van der Waals surface area contributed by atoms with Crippen LogP contribution in [0.1, 0.15) is 63.8 Å². The van der Waals surface area contributed by atoms with Crippen LogP contribution in [0.3, 0.4) is 0 Å². The molecule has 0 aliphatic heterocycles. The number of rotatable bonds is 2. The van der Waals surface area contributed by atoms with Crippen LogP contribution >= 0.6 is 0 Å². The fourth-order valence-electron chi connectivity index (χ4n) is 1.91. The summed E-state index contributed by atoms with van der Waals surface area (Å²) in [5.74, 6) is 0. The first kappa shape index (κ1) is 17.6. The molecule has 0 N–H and O–H groups in total. The molecule has 0 aliphatic rings. The van der Waals surface area contributed by atoms with Gasteiger partial charge in [0.15, 0.2) is 0 Å². The van der Waals surface area contributed by atoms with E-state index in [1.165, 1.54) is 16.7 Å². The van der Waals surface area contributed by atoms with Crippen molar-refractivity contribution in [2.45, 2.75) is 68.2 Å². The first-order chi connectivity index (χ1) is 7.69. The van der Waals surface area contributed by atoms with Crippen molar-refractivity contribution < 1.29 is 0 Å². The Kier molecular flexibility index (Phi) is 11.8. The van der Waals surface area contributed by atoms with Crippen LogP contribution in [0.2, 0.25) is 0 Å². The third-order valence-electron chi connectivity index (χ3n) is 2.44. The SMILES string of the molecule is CC.CC.CCc1cc(C)cc(C)c1CC. The zero-order valence-electron chi connectivity index (χ0n) is 12.6. The molecule has 0 nitrogen and oxygen atoms in total. The second kappa shape index (κ2) is 10.7. The molecule has 0 atom stereocenters. The van der Waals surface area contributed by atoms with E-state index in [0.717, 1.165) is 12.8 Å². The van der Waals surface area contributed by atoms with Crippen LogP contribution in [0.5, 0.6) is 0 Å². The van der Waals surface area contributed by atoms with E-state index in [1.807, 2.05) is 27.7 Å². The van der Waals surface area contributed by atoms with E-state index in [9.17, 15) is 0 Å². The van der Waals surface area contributed by atoms with Gasteiger partial charge in [-0.15, -0.1) is 0 Å². The second-order valence-corrected chi connectivity index (χ2v) is 3.43. The Morgan fingerprint density at radius 2 is 1.31 bits per heavy atom. The van der Waals surface area contributed by atoms with Gasteiger partial charge in [0.25, 0.3) is 0 Å². The monoisotopic (exact) mass is 222 g/mol. The fraction of sp³-hybridized carbons (Fsp3) is 0.625. The van der Waals surface area contributed by atoms with E-state index in [-0.39, 0.29) is 0 Å². The Labute approximate surface area is 103 Å². The molecule has 0 heterocycles. The molecular weight excluding hydrogens is 192 g/mol. The summed E-state index contributed by atoms with van der Waals surface area (Å²) in [5.41, 5.74) is 5.91. The number of hydrogen-bond acceptors (Lipinski definition) is 0. The Bertz CT molecular complexity index is 272. The molecule has 0 aromatic heterocycles. The molecule has 0 heteroatoms. The molecule has 0 radical (unpaired) electrons. The van der Waals surface area contributed by atoms with E-state index in [0.29, 0.717) is 0 Å². The third kappa shape index (κ3) is 5.34. The van der Waals surface area contributed by atoms with Crippen LogP contribution in [0.15, 0.2) is 12.1 Å².